The maximum absolute atomic E-state index is 11.7. The Bertz CT molecular complexity index is 610. The molecule has 3 N–H and O–H groups in total. The molecule has 0 aliphatic heterocycles. The fourth-order valence-electron chi connectivity index (χ4n) is 1.75. The average molecular weight is 247 g/mol. The molecular formula is C13H17N3O2. The van der Waals surface area contributed by atoms with E-state index >= 15 is 0 Å². The number of imidazole rings is 1. The summed E-state index contributed by atoms with van der Waals surface area (Å²) in [6, 6.07) is 5.30. The Labute approximate surface area is 105 Å². The van der Waals surface area contributed by atoms with E-state index < -0.39 is 0 Å². The Balaban J connectivity index is 2.07. The van der Waals surface area contributed by atoms with Crippen molar-refractivity contribution in [2.45, 2.75) is 26.7 Å². The van der Waals surface area contributed by atoms with Crippen LogP contribution in [0.5, 0.6) is 0 Å². The van der Waals surface area contributed by atoms with Crippen LogP contribution in [-0.4, -0.2) is 15.9 Å². The Morgan fingerprint density at radius 2 is 2.00 bits per heavy atom. The van der Waals surface area contributed by atoms with Gasteiger partial charge in [-0.15, -0.1) is 0 Å². The molecule has 0 spiro atoms. The number of amides is 1. The molecule has 2 aromatic rings. The first-order valence-corrected chi connectivity index (χ1v) is 6.06. The van der Waals surface area contributed by atoms with Crippen molar-refractivity contribution in [3.8, 4) is 0 Å². The van der Waals surface area contributed by atoms with Crippen molar-refractivity contribution in [3.05, 3.63) is 28.7 Å². The predicted molar refractivity (Wildman–Crippen MR) is 71.6 cm³/mol. The number of aromatic amines is 2. The number of fused-ring (bicyclic) bond motifs is 1. The second-order valence-electron chi connectivity index (χ2n) is 4.82. The fraction of sp³-hybridized carbons (Fsp3) is 0.385. The van der Waals surface area contributed by atoms with Crippen molar-refractivity contribution in [2.75, 3.05) is 5.32 Å². The highest BCUT2D eigenvalue weighted by atomic mass is 16.1. The Kier molecular flexibility index (Phi) is 3.50. The average Bonchev–Trinajstić information content (AvgIpc) is 2.66. The molecule has 2 rings (SSSR count). The summed E-state index contributed by atoms with van der Waals surface area (Å²) in [6.45, 7) is 4.17. The van der Waals surface area contributed by atoms with Gasteiger partial charge in [0.25, 0.3) is 0 Å². The van der Waals surface area contributed by atoms with Crippen LogP contribution in [0.15, 0.2) is 23.0 Å². The van der Waals surface area contributed by atoms with Gasteiger partial charge < -0.3 is 15.3 Å². The second kappa shape index (κ2) is 5.08. The minimum atomic E-state index is -0.242. The largest absolute Gasteiger partial charge is 0.326 e. The third kappa shape index (κ3) is 3.00. The monoisotopic (exact) mass is 247 g/mol. The molecule has 0 fully saturated rings. The van der Waals surface area contributed by atoms with Crippen LogP contribution in [0.25, 0.3) is 11.0 Å². The summed E-state index contributed by atoms with van der Waals surface area (Å²) in [5, 5.41) is 2.82. The van der Waals surface area contributed by atoms with Gasteiger partial charge >= 0.3 is 5.69 Å². The van der Waals surface area contributed by atoms with Gasteiger partial charge in [0.15, 0.2) is 0 Å². The number of rotatable bonds is 4. The van der Waals surface area contributed by atoms with Crippen LogP contribution < -0.4 is 11.0 Å². The lowest BCUT2D eigenvalue weighted by atomic mass is 10.1. The maximum atomic E-state index is 11.7. The number of anilines is 1. The van der Waals surface area contributed by atoms with Gasteiger partial charge in [0.2, 0.25) is 5.91 Å². The van der Waals surface area contributed by atoms with E-state index in [1.54, 1.807) is 18.2 Å². The minimum absolute atomic E-state index is 0.000864. The van der Waals surface area contributed by atoms with Crippen LogP contribution in [0.1, 0.15) is 26.7 Å². The van der Waals surface area contributed by atoms with Crippen molar-refractivity contribution < 1.29 is 4.79 Å². The lowest BCUT2D eigenvalue weighted by molar-refractivity contribution is -0.116. The quantitative estimate of drug-likeness (QED) is 0.774. The highest BCUT2D eigenvalue weighted by molar-refractivity contribution is 5.92. The number of hydrogen-bond acceptors (Lipinski definition) is 2. The lowest BCUT2D eigenvalue weighted by Gasteiger charge is -2.06. The molecule has 0 aliphatic rings. The fourth-order valence-corrected chi connectivity index (χ4v) is 1.75. The molecule has 0 unspecified atom stereocenters. The minimum Gasteiger partial charge on any atom is -0.326 e. The first kappa shape index (κ1) is 12.4. The smallest absolute Gasteiger partial charge is 0.323 e. The van der Waals surface area contributed by atoms with E-state index in [1.807, 2.05) is 0 Å². The molecule has 1 aromatic carbocycles. The first-order chi connectivity index (χ1) is 8.54. The summed E-state index contributed by atoms with van der Waals surface area (Å²) in [5.41, 5.74) is 1.89. The van der Waals surface area contributed by atoms with Gasteiger partial charge in [-0.25, -0.2) is 4.79 Å². The van der Waals surface area contributed by atoms with Gasteiger partial charge in [0.1, 0.15) is 0 Å². The van der Waals surface area contributed by atoms with Gasteiger partial charge in [-0.1, -0.05) is 13.8 Å². The molecule has 1 amide bonds. The number of benzene rings is 1. The van der Waals surface area contributed by atoms with Gasteiger partial charge in [-0.05, 0) is 30.5 Å². The summed E-state index contributed by atoms with van der Waals surface area (Å²) in [4.78, 5) is 28.1. The Morgan fingerprint density at radius 1 is 1.28 bits per heavy atom. The summed E-state index contributed by atoms with van der Waals surface area (Å²) in [5.74, 6) is 0.514. The summed E-state index contributed by atoms with van der Waals surface area (Å²) >= 11 is 0. The second-order valence-corrected chi connectivity index (χ2v) is 4.82. The summed E-state index contributed by atoms with van der Waals surface area (Å²) < 4.78 is 0. The third-order valence-corrected chi connectivity index (χ3v) is 2.75. The molecule has 1 aromatic heterocycles. The van der Waals surface area contributed by atoms with Crippen LogP contribution in [0.3, 0.4) is 0 Å². The zero-order chi connectivity index (χ0) is 13.1. The van der Waals surface area contributed by atoms with E-state index in [2.05, 4.69) is 29.1 Å². The molecule has 1 heterocycles. The third-order valence-electron chi connectivity index (χ3n) is 2.75. The van der Waals surface area contributed by atoms with Crippen molar-refractivity contribution in [1.82, 2.24) is 9.97 Å². The Morgan fingerprint density at radius 3 is 2.72 bits per heavy atom. The number of hydrogen-bond donors (Lipinski definition) is 3. The number of carbonyl (C=O) groups is 1. The number of carbonyl (C=O) groups excluding carboxylic acids is 1. The SMILES string of the molecule is CC(C)CCC(=O)Nc1ccc2[nH]c(=O)[nH]c2c1. The predicted octanol–water partition coefficient (Wildman–Crippen LogP) is 2.23. The number of H-pyrrole nitrogens is 2. The molecule has 5 heteroatoms. The van der Waals surface area contributed by atoms with E-state index in [0.717, 1.165) is 11.9 Å². The molecule has 18 heavy (non-hydrogen) atoms. The van der Waals surface area contributed by atoms with Crippen LogP contribution in [0.4, 0.5) is 5.69 Å². The van der Waals surface area contributed by atoms with Gasteiger partial charge in [0.05, 0.1) is 11.0 Å². The van der Waals surface area contributed by atoms with Crippen molar-refractivity contribution >= 4 is 22.6 Å². The van der Waals surface area contributed by atoms with Crippen molar-refractivity contribution in [3.63, 3.8) is 0 Å². The summed E-state index contributed by atoms with van der Waals surface area (Å²) in [7, 11) is 0. The molecule has 0 bridgehead atoms. The first-order valence-electron chi connectivity index (χ1n) is 6.06. The molecular weight excluding hydrogens is 230 g/mol. The molecule has 0 atom stereocenters. The van der Waals surface area contributed by atoms with E-state index in [1.165, 1.54) is 0 Å². The van der Waals surface area contributed by atoms with Gasteiger partial charge in [-0.3, -0.25) is 4.79 Å². The molecule has 96 valence electrons. The summed E-state index contributed by atoms with van der Waals surface area (Å²) in [6.07, 6.45) is 1.38. The number of nitrogens with one attached hydrogen (secondary N) is 3. The normalized spacial score (nSPS) is 11.1. The van der Waals surface area contributed by atoms with Crippen molar-refractivity contribution in [1.29, 1.82) is 0 Å². The molecule has 0 radical (unpaired) electrons. The van der Waals surface area contributed by atoms with E-state index in [4.69, 9.17) is 0 Å². The van der Waals surface area contributed by atoms with Crippen molar-refractivity contribution in [2.24, 2.45) is 5.92 Å². The molecule has 0 saturated heterocycles. The molecule has 5 nitrogen and oxygen atoms in total. The van der Waals surface area contributed by atoms with Crippen LogP contribution in [0.2, 0.25) is 0 Å². The topological polar surface area (TPSA) is 77.8 Å². The van der Waals surface area contributed by atoms with Gasteiger partial charge in [-0.2, -0.15) is 0 Å². The molecule has 0 saturated carbocycles. The van der Waals surface area contributed by atoms with Crippen LogP contribution in [0, 0.1) is 5.92 Å². The van der Waals surface area contributed by atoms with E-state index in [9.17, 15) is 9.59 Å². The van der Waals surface area contributed by atoms with E-state index in [-0.39, 0.29) is 11.6 Å². The molecule has 0 aliphatic carbocycles. The van der Waals surface area contributed by atoms with Gasteiger partial charge in [0, 0.05) is 12.1 Å². The highest BCUT2D eigenvalue weighted by Gasteiger charge is 2.05. The van der Waals surface area contributed by atoms with Crippen LogP contribution in [-0.2, 0) is 4.79 Å². The Hall–Kier alpha value is -2.04. The zero-order valence-electron chi connectivity index (χ0n) is 10.5. The standard InChI is InChI=1S/C13H17N3O2/c1-8(2)3-6-12(17)14-9-4-5-10-11(7-9)16-13(18)15-10/h4-5,7-8H,3,6H2,1-2H3,(H,14,17)(H2,15,16,18). The lowest BCUT2D eigenvalue weighted by Crippen LogP contribution is -2.12. The number of aromatic nitrogens is 2. The maximum Gasteiger partial charge on any atom is 0.323 e. The highest BCUT2D eigenvalue weighted by Crippen LogP contribution is 2.15. The van der Waals surface area contributed by atoms with Crippen LogP contribution >= 0.6 is 0 Å². The zero-order valence-corrected chi connectivity index (χ0v) is 10.5. The van der Waals surface area contributed by atoms with E-state index in [0.29, 0.717) is 23.5 Å².